The molecule has 31 heavy (non-hydrogen) atoms. The van der Waals surface area contributed by atoms with Gasteiger partial charge in [-0.15, -0.1) is 0 Å². The molecule has 4 aromatic heterocycles. The van der Waals surface area contributed by atoms with Crippen molar-refractivity contribution < 1.29 is 14.6 Å². The molecule has 0 spiro atoms. The highest BCUT2D eigenvalue weighted by atomic mass is 32.1. The zero-order valence-corrected chi connectivity index (χ0v) is 17.7. The summed E-state index contributed by atoms with van der Waals surface area (Å²) in [7, 11) is 0. The number of nitrogens with one attached hydrogen (secondary N) is 1. The van der Waals surface area contributed by atoms with Crippen molar-refractivity contribution in [3.8, 4) is 22.2 Å². The predicted octanol–water partition coefficient (Wildman–Crippen LogP) is 5.10. The Morgan fingerprint density at radius 1 is 1.10 bits per heavy atom. The number of rotatable bonds is 7. The first-order valence-electron chi connectivity index (χ1n) is 9.56. The molecule has 0 aliphatic heterocycles. The lowest BCUT2D eigenvalue weighted by molar-refractivity contribution is 0.0697. The van der Waals surface area contributed by atoms with Gasteiger partial charge in [-0.05, 0) is 43.7 Å². The fraction of sp³-hybridized carbons (Fsp3) is 0.136. The van der Waals surface area contributed by atoms with Crippen molar-refractivity contribution in [3.63, 3.8) is 0 Å². The molecule has 0 atom stereocenters. The summed E-state index contributed by atoms with van der Waals surface area (Å²) in [4.78, 5) is 28.8. The standard InChI is InChI=1S/C22H19N5O3S/c1-3-19-27-20(16-6-4-5-13(2)25-16)22(31-19)30-15-8-10-24-18(12-15)26-17-11-14(21(28)29)7-9-23-17/h4-12H,3H2,1-2H3,(H,28,29)(H,23,24,26). The summed E-state index contributed by atoms with van der Waals surface area (Å²) < 4.78 is 6.15. The molecule has 0 amide bonds. The summed E-state index contributed by atoms with van der Waals surface area (Å²) in [6.07, 6.45) is 3.82. The van der Waals surface area contributed by atoms with Crippen molar-refractivity contribution in [3.05, 3.63) is 71.1 Å². The number of anilines is 2. The van der Waals surface area contributed by atoms with Crippen molar-refractivity contribution in [1.29, 1.82) is 0 Å². The minimum Gasteiger partial charge on any atom is -0.478 e. The number of nitrogens with zero attached hydrogens (tertiary/aromatic N) is 4. The molecule has 156 valence electrons. The summed E-state index contributed by atoms with van der Waals surface area (Å²) in [6, 6.07) is 12.1. The highest BCUT2D eigenvalue weighted by Gasteiger charge is 2.16. The van der Waals surface area contributed by atoms with Crippen LogP contribution in [0, 0.1) is 6.92 Å². The number of hydrogen-bond donors (Lipinski definition) is 2. The molecular weight excluding hydrogens is 414 g/mol. The molecule has 4 aromatic rings. The lowest BCUT2D eigenvalue weighted by Crippen LogP contribution is -2.01. The highest BCUT2D eigenvalue weighted by Crippen LogP contribution is 2.38. The van der Waals surface area contributed by atoms with Gasteiger partial charge >= 0.3 is 5.97 Å². The van der Waals surface area contributed by atoms with E-state index in [-0.39, 0.29) is 5.56 Å². The van der Waals surface area contributed by atoms with Gasteiger partial charge in [-0.1, -0.05) is 24.3 Å². The largest absolute Gasteiger partial charge is 0.478 e. The zero-order chi connectivity index (χ0) is 21.8. The van der Waals surface area contributed by atoms with Crippen molar-refractivity contribution in [2.45, 2.75) is 20.3 Å². The molecule has 0 aliphatic carbocycles. The summed E-state index contributed by atoms with van der Waals surface area (Å²) in [6.45, 7) is 3.98. The average molecular weight is 433 g/mol. The SMILES string of the molecule is CCc1nc(-c2cccc(C)n2)c(Oc2ccnc(Nc3cc(C(=O)O)ccn3)c2)s1. The van der Waals surface area contributed by atoms with Gasteiger partial charge in [0, 0.05) is 24.2 Å². The first-order valence-corrected chi connectivity index (χ1v) is 10.4. The van der Waals surface area contributed by atoms with Crippen LogP contribution in [0.1, 0.15) is 28.0 Å². The molecular formula is C22H19N5O3S. The Hall–Kier alpha value is -3.85. The van der Waals surface area contributed by atoms with Gasteiger partial charge in [-0.3, -0.25) is 4.98 Å². The predicted molar refractivity (Wildman–Crippen MR) is 118 cm³/mol. The fourth-order valence-corrected chi connectivity index (χ4v) is 3.70. The number of hydrogen-bond acceptors (Lipinski definition) is 8. The van der Waals surface area contributed by atoms with Crippen LogP contribution in [-0.2, 0) is 6.42 Å². The quantitative estimate of drug-likeness (QED) is 0.414. The van der Waals surface area contributed by atoms with Gasteiger partial charge in [0.2, 0.25) is 5.06 Å². The van der Waals surface area contributed by atoms with Gasteiger partial charge in [0.15, 0.2) is 0 Å². The van der Waals surface area contributed by atoms with Gasteiger partial charge in [0.05, 0.1) is 16.3 Å². The molecule has 4 heterocycles. The number of aromatic nitrogens is 4. The number of thiazole rings is 1. The molecule has 8 nitrogen and oxygen atoms in total. The summed E-state index contributed by atoms with van der Waals surface area (Å²) in [5, 5.41) is 13.8. The van der Waals surface area contributed by atoms with E-state index in [0.29, 0.717) is 28.1 Å². The maximum Gasteiger partial charge on any atom is 0.335 e. The Kier molecular flexibility index (Phi) is 5.85. The van der Waals surface area contributed by atoms with Gasteiger partial charge < -0.3 is 15.2 Å². The zero-order valence-electron chi connectivity index (χ0n) is 16.9. The van der Waals surface area contributed by atoms with E-state index in [2.05, 4.69) is 25.3 Å². The summed E-state index contributed by atoms with van der Waals surface area (Å²) in [5.41, 5.74) is 2.50. The van der Waals surface area contributed by atoms with Crippen molar-refractivity contribution >= 4 is 28.9 Å². The molecule has 0 radical (unpaired) electrons. The smallest absolute Gasteiger partial charge is 0.335 e. The van der Waals surface area contributed by atoms with Crippen LogP contribution >= 0.6 is 11.3 Å². The monoisotopic (exact) mass is 433 g/mol. The Labute approximate surface area is 182 Å². The first kappa shape index (κ1) is 20.4. The number of carboxylic acid groups (broad SMARTS) is 1. The third kappa shape index (κ3) is 4.84. The van der Waals surface area contributed by atoms with Gasteiger partial charge in [-0.25, -0.2) is 19.7 Å². The van der Waals surface area contributed by atoms with Gasteiger partial charge in [-0.2, -0.15) is 0 Å². The number of pyridine rings is 3. The molecule has 0 aliphatic rings. The maximum absolute atomic E-state index is 11.2. The minimum absolute atomic E-state index is 0.136. The third-order valence-electron chi connectivity index (χ3n) is 4.28. The van der Waals surface area contributed by atoms with Crippen LogP contribution in [0.25, 0.3) is 11.4 Å². The van der Waals surface area contributed by atoms with Gasteiger partial charge in [0.1, 0.15) is 23.1 Å². The molecule has 0 aromatic carbocycles. The van der Waals surface area contributed by atoms with E-state index >= 15 is 0 Å². The van der Waals surface area contributed by atoms with Crippen LogP contribution in [0.15, 0.2) is 54.9 Å². The highest BCUT2D eigenvalue weighted by molar-refractivity contribution is 7.14. The van der Waals surface area contributed by atoms with Crippen molar-refractivity contribution in [1.82, 2.24) is 19.9 Å². The molecule has 0 saturated carbocycles. The molecule has 0 fully saturated rings. The van der Waals surface area contributed by atoms with Crippen LogP contribution < -0.4 is 10.1 Å². The summed E-state index contributed by atoms with van der Waals surface area (Å²) >= 11 is 1.48. The average Bonchev–Trinajstić information content (AvgIpc) is 3.17. The van der Waals surface area contributed by atoms with Crippen LogP contribution in [0.5, 0.6) is 10.8 Å². The van der Waals surface area contributed by atoms with Crippen molar-refractivity contribution in [2.24, 2.45) is 0 Å². The minimum atomic E-state index is -1.02. The van der Waals surface area contributed by atoms with E-state index in [4.69, 9.17) is 9.84 Å². The van der Waals surface area contributed by atoms with Crippen LogP contribution in [0.4, 0.5) is 11.6 Å². The third-order valence-corrected chi connectivity index (χ3v) is 5.36. The Bertz CT molecular complexity index is 1240. The Morgan fingerprint density at radius 3 is 2.61 bits per heavy atom. The number of aryl methyl sites for hydroxylation is 2. The lowest BCUT2D eigenvalue weighted by atomic mass is 10.2. The lowest BCUT2D eigenvalue weighted by Gasteiger charge is -2.09. The van der Waals surface area contributed by atoms with Crippen LogP contribution in [0.3, 0.4) is 0 Å². The van der Waals surface area contributed by atoms with E-state index in [1.54, 1.807) is 18.3 Å². The van der Waals surface area contributed by atoms with E-state index in [1.165, 1.54) is 29.7 Å². The Balaban J connectivity index is 1.60. The first-order chi connectivity index (χ1) is 15.0. The molecule has 0 unspecified atom stereocenters. The molecule has 2 N–H and O–H groups in total. The normalized spacial score (nSPS) is 10.6. The Morgan fingerprint density at radius 2 is 1.87 bits per heavy atom. The fourth-order valence-electron chi connectivity index (χ4n) is 2.82. The maximum atomic E-state index is 11.2. The molecule has 9 heteroatoms. The number of aromatic carboxylic acids is 1. The molecule has 0 bridgehead atoms. The second-order valence-corrected chi connectivity index (χ2v) is 7.65. The van der Waals surface area contributed by atoms with Crippen LogP contribution in [0.2, 0.25) is 0 Å². The molecule has 4 rings (SSSR count). The van der Waals surface area contributed by atoms with E-state index in [1.807, 2.05) is 32.0 Å². The second-order valence-electron chi connectivity index (χ2n) is 6.60. The van der Waals surface area contributed by atoms with E-state index in [0.717, 1.165) is 22.8 Å². The number of carbonyl (C=O) groups is 1. The summed E-state index contributed by atoms with van der Waals surface area (Å²) in [5.74, 6) is 0.389. The van der Waals surface area contributed by atoms with Crippen molar-refractivity contribution in [2.75, 3.05) is 5.32 Å². The van der Waals surface area contributed by atoms with E-state index < -0.39 is 5.97 Å². The molecule has 0 saturated heterocycles. The van der Waals surface area contributed by atoms with Gasteiger partial charge in [0.25, 0.3) is 0 Å². The van der Waals surface area contributed by atoms with E-state index in [9.17, 15) is 4.79 Å². The van der Waals surface area contributed by atoms with Crippen LogP contribution in [-0.4, -0.2) is 31.0 Å². The number of carboxylic acids is 1. The second kappa shape index (κ2) is 8.88. The topological polar surface area (TPSA) is 110 Å². The number of ether oxygens (including phenoxy) is 1.